The van der Waals surface area contributed by atoms with Crippen LogP contribution in [0, 0.1) is 6.92 Å². The second-order valence-electron chi connectivity index (χ2n) is 7.13. The maximum absolute atomic E-state index is 12.6. The number of aromatic nitrogens is 4. The Balaban J connectivity index is 1.60. The number of hydrogen-bond donors (Lipinski definition) is 1. The first-order valence-corrected chi connectivity index (χ1v) is 10.1. The van der Waals surface area contributed by atoms with Crippen LogP contribution in [-0.2, 0) is 6.54 Å². The number of carbonyl (C=O) groups excluding carboxylic acids is 1. The Bertz CT molecular complexity index is 1370. The lowest BCUT2D eigenvalue weighted by Gasteiger charge is -2.12. The minimum Gasteiger partial charge on any atom is -0.459 e. The standard InChI is InChI=1S/C23H18ClN5O2/c1-15-13-21(26-22(30)20-7-4-12-31-20)29(27-15)23-25-18-5-2-3-6-19(18)28(23)14-16-8-10-17(24)11-9-16/h2-13H,14H2,1H3,(H,26,30). The van der Waals surface area contributed by atoms with Gasteiger partial charge in [0.2, 0.25) is 5.95 Å². The Morgan fingerprint density at radius 3 is 2.68 bits per heavy atom. The van der Waals surface area contributed by atoms with E-state index < -0.39 is 0 Å². The van der Waals surface area contributed by atoms with Crippen molar-refractivity contribution in [3.05, 3.63) is 95.0 Å². The maximum atomic E-state index is 12.6. The number of nitrogens with one attached hydrogen (secondary N) is 1. The van der Waals surface area contributed by atoms with Gasteiger partial charge in [0.1, 0.15) is 5.82 Å². The monoisotopic (exact) mass is 431 g/mol. The third-order valence-corrected chi connectivity index (χ3v) is 5.15. The Kier molecular flexibility index (Phi) is 4.80. The number of furan rings is 1. The van der Waals surface area contributed by atoms with E-state index in [1.807, 2.05) is 55.5 Å². The number of anilines is 1. The topological polar surface area (TPSA) is 77.9 Å². The van der Waals surface area contributed by atoms with Gasteiger partial charge in [0.05, 0.1) is 29.5 Å². The Morgan fingerprint density at radius 2 is 1.90 bits per heavy atom. The summed E-state index contributed by atoms with van der Waals surface area (Å²) in [5, 5.41) is 8.15. The SMILES string of the molecule is Cc1cc(NC(=O)c2ccco2)n(-c2nc3ccccc3n2Cc2ccc(Cl)cc2)n1. The number of carbonyl (C=O) groups is 1. The lowest BCUT2D eigenvalue weighted by molar-refractivity contribution is 0.0996. The highest BCUT2D eigenvalue weighted by Gasteiger charge is 2.19. The molecule has 0 aliphatic carbocycles. The third kappa shape index (κ3) is 3.71. The maximum Gasteiger partial charge on any atom is 0.292 e. The summed E-state index contributed by atoms with van der Waals surface area (Å²) in [6.07, 6.45) is 1.46. The van der Waals surface area contributed by atoms with Crippen molar-refractivity contribution in [2.75, 3.05) is 5.32 Å². The van der Waals surface area contributed by atoms with Crippen LogP contribution in [0.4, 0.5) is 5.82 Å². The van der Waals surface area contributed by atoms with Crippen LogP contribution >= 0.6 is 11.6 Å². The summed E-state index contributed by atoms with van der Waals surface area (Å²) in [5.74, 6) is 0.970. The minimum absolute atomic E-state index is 0.222. The van der Waals surface area contributed by atoms with Crippen molar-refractivity contribution in [1.29, 1.82) is 0 Å². The predicted octanol–water partition coefficient (Wildman–Crippen LogP) is 5.08. The van der Waals surface area contributed by atoms with Gasteiger partial charge >= 0.3 is 0 Å². The summed E-state index contributed by atoms with van der Waals surface area (Å²) in [6.45, 7) is 2.43. The molecule has 1 N–H and O–H groups in total. The number of halogens is 1. The molecule has 0 radical (unpaired) electrons. The molecular formula is C23H18ClN5O2. The summed E-state index contributed by atoms with van der Waals surface area (Å²) in [4.78, 5) is 17.4. The molecule has 0 unspecified atom stereocenters. The fraction of sp³-hybridized carbons (Fsp3) is 0.0870. The number of nitrogens with zero attached hydrogens (tertiary/aromatic N) is 4. The molecule has 2 aromatic carbocycles. The largest absolute Gasteiger partial charge is 0.459 e. The van der Waals surface area contributed by atoms with Crippen molar-refractivity contribution in [2.24, 2.45) is 0 Å². The van der Waals surface area contributed by atoms with Gasteiger partial charge in [-0.05, 0) is 48.9 Å². The lowest BCUT2D eigenvalue weighted by atomic mass is 10.2. The smallest absolute Gasteiger partial charge is 0.292 e. The number of fused-ring (bicyclic) bond motifs is 1. The van der Waals surface area contributed by atoms with Crippen LogP contribution in [-0.4, -0.2) is 25.2 Å². The summed E-state index contributed by atoms with van der Waals surface area (Å²) in [6, 6.07) is 20.7. The van der Waals surface area contributed by atoms with E-state index >= 15 is 0 Å². The zero-order valence-corrected chi connectivity index (χ0v) is 17.4. The zero-order chi connectivity index (χ0) is 21.4. The third-order valence-electron chi connectivity index (χ3n) is 4.90. The highest BCUT2D eigenvalue weighted by molar-refractivity contribution is 6.30. The number of benzene rings is 2. The average molecular weight is 432 g/mol. The van der Waals surface area contributed by atoms with Crippen LogP contribution in [0.15, 0.2) is 77.4 Å². The van der Waals surface area contributed by atoms with E-state index in [2.05, 4.69) is 15.0 Å². The normalized spacial score (nSPS) is 11.2. The van der Waals surface area contributed by atoms with Crippen LogP contribution in [0.5, 0.6) is 0 Å². The Morgan fingerprint density at radius 1 is 1.10 bits per heavy atom. The Labute approximate surface area is 182 Å². The molecule has 0 aliphatic heterocycles. The van der Waals surface area contributed by atoms with Crippen molar-refractivity contribution in [3.63, 3.8) is 0 Å². The lowest BCUT2D eigenvalue weighted by Crippen LogP contribution is -2.17. The fourth-order valence-electron chi connectivity index (χ4n) is 3.48. The van der Waals surface area contributed by atoms with Crippen LogP contribution in [0.3, 0.4) is 0 Å². The van der Waals surface area contributed by atoms with E-state index in [1.54, 1.807) is 22.9 Å². The van der Waals surface area contributed by atoms with E-state index in [1.165, 1.54) is 6.26 Å². The molecule has 0 fully saturated rings. The molecule has 5 rings (SSSR count). The summed E-state index contributed by atoms with van der Waals surface area (Å²) in [7, 11) is 0. The van der Waals surface area contributed by atoms with E-state index in [0.717, 1.165) is 22.3 Å². The van der Waals surface area contributed by atoms with Crippen LogP contribution in [0.1, 0.15) is 21.8 Å². The van der Waals surface area contributed by atoms with Gasteiger partial charge in [-0.2, -0.15) is 9.78 Å². The highest BCUT2D eigenvalue weighted by Crippen LogP contribution is 2.24. The predicted molar refractivity (Wildman–Crippen MR) is 119 cm³/mol. The van der Waals surface area contributed by atoms with E-state index in [-0.39, 0.29) is 11.7 Å². The number of aryl methyl sites for hydroxylation is 1. The van der Waals surface area contributed by atoms with Gasteiger partial charge < -0.3 is 14.3 Å². The first-order valence-electron chi connectivity index (χ1n) is 9.70. The molecule has 3 aromatic heterocycles. The highest BCUT2D eigenvalue weighted by atomic mass is 35.5. The van der Waals surface area contributed by atoms with Gasteiger partial charge in [0, 0.05) is 11.1 Å². The van der Waals surface area contributed by atoms with E-state index in [0.29, 0.717) is 23.3 Å². The van der Waals surface area contributed by atoms with Gasteiger partial charge in [-0.3, -0.25) is 4.79 Å². The van der Waals surface area contributed by atoms with Crippen molar-refractivity contribution in [3.8, 4) is 5.95 Å². The second kappa shape index (κ2) is 7.77. The summed E-state index contributed by atoms with van der Waals surface area (Å²) < 4.78 is 8.91. The van der Waals surface area contributed by atoms with Crippen LogP contribution in [0.25, 0.3) is 17.0 Å². The number of hydrogen-bond acceptors (Lipinski definition) is 4. The van der Waals surface area contributed by atoms with Gasteiger partial charge in [0.25, 0.3) is 5.91 Å². The molecule has 1 amide bonds. The van der Waals surface area contributed by atoms with Gasteiger partial charge in [0.15, 0.2) is 5.76 Å². The van der Waals surface area contributed by atoms with Crippen molar-refractivity contribution >= 4 is 34.4 Å². The van der Waals surface area contributed by atoms with E-state index in [4.69, 9.17) is 21.0 Å². The molecule has 31 heavy (non-hydrogen) atoms. The van der Waals surface area contributed by atoms with Crippen LogP contribution in [0.2, 0.25) is 5.02 Å². The van der Waals surface area contributed by atoms with Crippen molar-refractivity contribution < 1.29 is 9.21 Å². The average Bonchev–Trinajstić information content (AvgIpc) is 3.49. The van der Waals surface area contributed by atoms with Gasteiger partial charge in [-0.1, -0.05) is 35.9 Å². The summed E-state index contributed by atoms with van der Waals surface area (Å²) in [5.41, 5.74) is 3.62. The summed E-state index contributed by atoms with van der Waals surface area (Å²) >= 11 is 6.05. The van der Waals surface area contributed by atoms with Gasteiger partial charge in [-0.15, -0.1) is 0 Å². The van der Waals surface area contributed by atoms with E-state index in [9.17, 15) is 4.79 Å². The van der Waals surface area contributed by atoms with Crippen LogP contribution < -0.4 is 5.32 Å². The number of imidazole rings is 1. The molecule has 0 saturated carbocycles. The van der Waals surface area contributed by atoms with Crippen molar-refractivity contribution in [2.45, 2.75) is 13.5 Å². The molecule has 0 bridgehead atoms. The molecule has 8 heteroatoms. The molecule has 5 aromatic rings. The Hall–Kier alpha value is -3.84. The number of amides is 1. The molecule has 154 valence electrons. The molecule has 0 aliphatic rings. The first kappa shape index (κ1) is 19.1. The van der Waals surface area contributed by atoms with Crippen molar-refractivity contribution in [1.82, 2.24) is 19.3 Å². The minimum atomic E-state index is -0.355. The number of para-hydroxylation sites is 2. The number of rotatable bonds is 5. The zero-order valence-electron chi connectivity index (χ0n) is 16.6. The molecule has 0 saturated heterocycles. The molecule has 0 atom stereocenters. The van der Waals surface area contributed by atoms with Gasteiger partial charge in [-0.25, -0.2) is 4.98 Å². The molecule has 7 nitrogen and oxygen atoms in total. The molecule has 3 heterocycles. The fourth-order valence-corrected chi connectivity index (χ4v) is 3.61. The molecular weight excluding hydrogens is 414 g/mol. The second-order valence-corrected chi connectivity index (χ2v) is 7.56. The molecule has 0 spiro atoms. The quantitative estimate of drug-likeness (QED) is 0.421. The first-order chi connectivity index (χ1) is 15.1.